The van der Waals surface area contributed by atoms with E-state index in [1.54, 1.807) is 16.0 Å². The molecule has 1 aliphatic heterocycles. The molecule has 1 aromatic heterocycles. The molecule has 0 spiro atoms. The van der Waals surface area contributed by atoms with Crippen molar-refractivity contribution in [3.8, 4) is 0 Å². The molecule has 1 aliphatic rings. The Balaban J connectivity index is 2.24. The fraction of sp³-hybridized carbons (Fsp3) is 0.500. The van der Waals surface area contributed by atoms with Crippen LogP contribution in [0.15, 0.2) is 42.6 Å². The van der Waals surface area contributed by atoms with Crippen molar-refractivity contribution in [2.45, 2.75) is 31.7 Å². The molecule has 1 saturated heterocycles. The molecule has 8 heteroatoms. The molecule has 2 rings (SSSR count). The van der Waals surface area contributed by atoms with Crippen LogP contribution in [0.25, 0.3) is 0 Å². The van der Waals surface area contributed by atoms with E-state index in [2.05, 4.69) is 24.2 Å². The Labute approximate surface area is 189 Å². The highest BCUT2D eigenvalue weighted by Gasteiger charge is 2.33. The lowest BCUT2D eigenvalue weighted by molar-refractivity contribution is -0.140. The van der Waals surface area contributed by atoms with E-state index in [1.165, 1.54) is 0 Å². The Morgan fingerprint density at radius 1 is 1.30 bits per heavy atom. The summed E-state index contributed by atoms with van der Waals surface area (Å²) in [6, 6.07) is 3.19. The molecule has 0 saturated carbocycles. The van der Waals surface area contributed by atoms with Gasteiger partial charge in [-0.25, -0.2) is 0 Å². The molecule has 1 unspecified atom stereocenters. The van der Waals surface area contributed by atoms with Gasteiger partial charge in [0.05, 0.1) is 11.7 Å². The summed E-state index contributed by atoms with van der Waals surface area (Å²) in [5.41, 5.74) is 8.16. The molecule has 164 valence electrons. The summed E-state index contributed by atoms with van der Waals surface area (Å²) in [5.74, 6) is -0.0106. The SMILES string of the molecule is C=C(/C=C\CC)C(C(=O)N1CCN(C(=O)[C@@H](N)CS)CC1)c1ncccc1CCCl. The van der Waals surface area contributed by atoms with E-state index >= 15 is 0 Å². The number of carbonyl (C=O) groups excluding carboxylic acids is 2. The number of nitrogens with zero attached hydrogens (tertiary/aromatic N) is 3. The molecule has 0 aliphatic carbocycles. The molecule has 2 atom stereocenters. The Kier molecular flexibility index (Phi) is 9.88. The molecule has 0 aromatic carbocycles. The van der Waals surface area contributed by atoms with Crippen LogP contribution in [0.1, 0.15) is 30.5 Å². The highest BCUT2D eigenvalue weighted by Crippen LogP contribution is 2.29. The number of amides is 2. The van der Waals surface area contributed by atoms with Crippen molar-refractivity contribution < 1.29 is 9.59 Å². The van der Waals surface area contributed by atoms with Crippen LogP contribution in [0.5, 0.6) is 0 Å². The van der Waals surface area contributed by atoms with Gasteiger partial charge in [-0.2, -0.15) is 12.6 Å². The first-order valence-electron chi connectivity index (χ1n) is 10.2. The second-order valence-electron chi connectivity index (χ2n) is 7.24. The number of aryl methyl sites for hydroxylation is 1. The largest absolute Gasteiger partial charge is 0.338 e. The molecule has 2 heterocycles. The van der Waals surface area contributed by atoms with Gasteiger partial charge in [0.1, 0.15) is 5.92 Å². The van der Waals surface area contributed by atoms with Gasteiger partial charge in [-0.1, -0.05) is 31.7 Å². The summed E-state index contributed by atoms with van der Waals surface area (Å²) < 4.78 is 0. The Morgan fingerprint density at radius 3 is 2.50 bits per heavy atom. The molecule has 6 nitrogen and oxygen atoms in total. The fourth-order valence-electron chi connectivity index (χ4n) is 3.48. The molecular formula is C22H31ClN4O2S. The standard InChI is InChI=1S/C22H31ClN4O2S/c1-3-4-6-16(2)19(20-17(8-9-23)7-5-10-25-20)22(29)27-13-11-26(12-14-27)21(28)18(24)15-30/h4-7,10,18-19,30H,2-3,8-9,11-15,24H2,1H3/b6-4-/t18-,19?/m0/s1. The number of hydrogen-bond donors (Lipinski definition) is 2. The first-order valence-corrected chi connectivity index (χ1v) is 11.4. The van der Waals surface area contributed by atoms with Crippen molar-refractivity contribution in [3.63, 3.8) is 0 Å². The minimum Gasteiger partial charge on any atom is -0.338 e. The summed E-state index contributed by atoms with van der Waals surface area (Å²) in [5, 5.41) is 0. The maximum atomic E-state index is 13.5. The minimum atomic E-state index is -0.617. The third-order valence-electron chi connectivity index (χ3n) is 5.17. The number of halogens is 1. The number of allylic oxidation sites excluding steroid dienone is 2. The van der Waals surface area contributed by atoms with E-state index in [0.717, 1.165) is 12.0 Å². The van der Waals surface area contributed by atoms with Crippen molar-refractivity contribution in [2.75, 3.05) is 37.8 Å². The number of aromatic nitrogens is 1. The van der Waals surface area contributed by atoms with Crippen molar-refractivity contribution in [1.82, 2.24) is 14.8 Å². The number of hydrogen-bond acceptors (Lipinski definition) is 5. The number of rotatable bonds is 9. The zero-order valence-corrected chi connectivity index (χ0v) is 19.1. The van der Waals surface area contributed by atoms with E-state index in [9.17, 15) is 9.59 Å². The third kappa shape index (κ3) is 6.09. The maximum absolute atomic E-state index is 13.5. The number of pyridine rings is 1. The Bertz CT molecular complexity index is 778. The van der Waals surface area contributed by atoms with Gasteiger partial charge in [-0.3, -0.25) is 14.6 Å². The van der Waals surface area contributed by atoms with Gasteiger partial charge in [0.2, 0.25) is 11.8 Å². The Morgan fingerprint density at radius 2 is 1.93 bits per heavy atom. The van der Waals surface area contributed by atoms with Gasteiger partial charge in [0.25, 0.3) is 0 Å². The average molecular weight is 451 g/mol. The van der Waals surface area contributed by atoms with Gasteiger partial charge in [0.15, 0.2) is 0 Å². The van der Waals surface area contributed by atoms with E-state index in [4.69, 9.17) is 17.3 Å². The van der Waals surface area contributed by atoms with Gasteiger partial charge in [0, 0.05) is 44.0 Å². The van der Waals surface area contributed by atoms with Crippen molar-refractivity contribution in [2.24, 2.45) is 5.73 Å². The lowest BCUT2D eigenvalue weighted by atomic mass is 9.90. The predicted octanol–water partition coefficient (Wildman–Crippen LogP) is 2.40. The van der Waals surface area contributed by atoms with Crippen LogP contribution >= 0.6 is 24.2 Å². The molecule has 1 aromatic rings. The van der Waals surface area contributed by atoms with Gasteiger partial charge >= 0.3 is 0 Å². The minimum absolute atomic E-state index is 0.0548. The highest BCUT2D eigenvalue weighted by molar-refractivity contribution is 7.80. The van der Waals surface area contributed by atoms with Crippen molar-refractivity contribution in [1.29, 1.82) is 0 Å². The summed E-state index contributed by atoms with van der Waals surface area (Å²) in [6.45, 7) is 8.00. The van der Waals surface area contributed by atoms with Gasteiger partial charge < -0.3 is 15.5 Å². The smallest absolute Gasteiger partial charge is 0.240 e. The quantitative estimate of drug-likeness (QED) is 0.344. The van der Waals surface area contributed by atoms with E-state index in [0.29, 0.717) is 55.5 Å². The molecule has 30 heavy (non-hydrogen) atoms. The van der Waals surface area contributed by atoms with Gasteiger partial charge in [-0.05, 0) is 30.0 Å². The summed E-state index contributed by atoms with van der Waals surface area (Å²) in [4.78, 5) is 33.9. The molecule has 0 bridgehead atoms. The predicted molar refractivity (Wildman–Crippen MR) is 125 cm³/mol. The lowest BCUT2D eigenvalue weighted by Crippen LogP contribution is -2.55. The number of carbonyl (C=O) groups is 2. The van der Waals surface area contributed by atoms with E-state index < -0.39 is 12.0 Å². The van der Waals surface area contributed by atoms with Crippen LogP contribution in [-0.4, -0.2) is 70.5 Å². The van der Waals surface area contributed by atoms with E-state index in [1.807, 2.05) is 31.2 Å². The zero-order valence-electron chi connectivity index (χ0n) is 17.5. The highest BCUT2D eigenvalue weighted by atomic mass is 35.5. The molecule has 1 fully saturated rings. The fourth-order valence-corrected chi connectivity index (χ4v) is 3.84. The van der Waals surface area contributed by atoms with Crippen LogP contribution in [0.3, 0.4) is 0 Å². The van der Waals surface area contributed by atoms with Crippen LogP contribution in [0, 0.1) is 0 Å². The Hall–Kier alpha value is -1.83. The van der Waals surface area contributed by atoms with Crippen LogP contribution < -0.4 is 5.73 Å². The normalized spacial score (nSPS) is 16.5. The maximum Gasteiger partial charge on any atom is 0.240 e. The van der Waals surface area contributed by atoms with E-state index in [-0.39, 0.29) is 11.8 Å². The monoisotopic (exact) mass is 450 g/mol. The number of nitrogens with two attached hydrogens (primary N) is 1. The third-order valence-corrected chi connectivity index (χ3v) is 5.75. The first-order chi connectivity index (χ1) is 14.4. The molecule has 2 N–H and O–H groups in total. The number of piperazine rings is 1. The van der Waals surface area contributed by atoms with Crippen LogP contribution in [-0.2, 0) is 16.0 Å². The summed E-state index contributed by atoms with van der Waals surface area (Å²) in [6.07, 6.45) is 7.06. The van der Waals surface area contributed by atoms with Gasteiger partial charge in [-0.15, -0.1) is 11.6 Å². The second-order valence-corrected chi connectivity index (χ2v) is 7.99. The first kappa shape index (κ1) is 24.4. The summed E-state index contributed by atoms with van der Waals surface area (Å²) >= 11 is 10.1. The van der Waals surface area contributed by atoms with Crippen LogP contribution in [0.4, 0.5) is 0 Å². The molecule has 2 amide bonds. The van der Waals surface area contributed by atoms with Crippen molar-refractivity contribution in [3.05, 3.63) is 53.9 Å². The molecular weight excluding hydrogens is 420 g/mol. The topological polar surface area (TPSA) is 79.5 Å². The number of alkyl halides is 1. The molecule has 0 radical (unpaired) electrons. The second kappa shape index (κ2) is 12.1. The number of thiol groups is 1. The summed E-state index contributed by atoms with van der Waals surface area (Å²) in [7, 11) is 0. The average Bonchev–Trinajstić information content (AvgIpc) is 2.78. The zero-order chi connectivity index (χ0) is 22.1. The van der Waals surface area contributed by atoms with Crippen molar-refractivity contribution >= 4 is 36.0 Å². The van der Waals surface area contributed by atoms with Crippen LogP contribution in [0.2, 0.25) is 0 Å². The lowest BCUT2D eigenvalue weighted by Gasteiger charge is -2.37.